The van der Waals surface area contributed by atoms with Gasteiger partial charge in [0.05, 0.1) is 6.04 Å². The van der Waals surface area contributed by atoms with Gasteiger partial charge in [-0.2, -0.15) is 12.7 Å². The second-order valence-corrected chi connectivity index (χ2v) is 8.39. The molecule has 0 spiro atoms. The van der Waals surface area contributed by atoms with Gasteiger partial charge in [-0.1, -0.05) is 56.3 Å². The third kappa shape index (κ3) is 2.85. The quantitative estimate of drug-likeness (QED) is 0.722. The molecule has 0 fully saturated rings. The SMILES string of the molecule is CCN(CC)S(=O)(=O)N1C=Cc2ccccc2[C@H]1c1c[nH]c2ccccc12. The maximum Gasteiger partial charge on any atom is 0.304 e. The molecule has 3 aromatic rings. The summed E-state index contributed by atoms with van der Waals surface area (Å²) in [5.41, 5.74) is 3.98. The minimum absolute atomic E-state index is 0.409. The summed E-state index contributed by atoms with van der Waals surface area (Å²) < 4.78 is 29.8. The van der Waals surface area contributed by atoms with E-state index in [1.807, 2.05) is 74.7 Å². The summed E-state index contributed by atoms with van der Waals surface area (Å²) in [6, 6.07) is 15.6. The number of benzene rings is 2. The Balaban J connectivity index is 1.94. The number of hydrogen-bond donors (Lipinski definition) is 1. The number of nitrogens with zero attached hydrogens (tertiary/aromatic N) is 2. The molecule has 1 aliphatic heterocycles. The zero-order valence-electron chi connectivity index (χ0n) is 15.5. The van der Waals surface area contributed by atoms with Crippen LogP contribution in [0, 0.1) is 0 Å². The number of H-pyrrole nitrogens is 1. The number of nitrogens with one attached hydrogen (secondary N) is 1. The van der Waals surface area contributed by atoms with Gasteiger partial charge in [-0.25, -0.2) is 0 Å². The lowest BCUT2D eigenvalue weighted by molar-refractivity contribution is 0.369. The van der Waals surface area contributed by atoms with Crippen LogP contribution in [0.2, 0.25) is 0 Å². The Bertz CT molecular complexity index is 1100. The predicted octanol–water partition coefficient (Wildman–Crippen LogP) is 4.13. The number of hydrogen-bond acceptors (Lipinski definition) is 2. The molecule has 2 aromatic carbocycles. The van der Waals surface area contributed by atoms with Crippen molar-refractivity contribution in [3.63, 3.8) is 0 Å². The third-order valence-corrected chi connectivity index (χ3v) is 7.19. The molecule has 1 aliphatic rings. The van der Waals surface area contributed by atoms with Crippen LogP contribution in [0.25, 0.3) is 17.0 Å². The van der Waals surface area contributed by atoms with Gasteiger partial charge in [0.2, 0.25) is 0 Å². The molecular weight excluding hydrogens is 358 g/mol. The van der Waals surface area contributed by atoms with Crippen LogP contribution >= 0.6 is 0 Å². The molecule has 0 amide bonds. The average Bonchev–Trinajstić information content (AvgIpc) is 3.11. The summed E-state index contributed by atoms with van der Waals surface area (Å²) in [6.45, 7) is 4.60. The van der Waals surface area contributed by atoms with E-state index in [1.54, 1.807) is 6.20 Å². The van der Waals surface area contributed by atoms with Gasteiger partial charge in [0.25, 0.3) is 0 Å². The normalized spacial score (nSPS) is 16.9. The Labute approximate surface area is 160 Å². The fourth-order valence-electron chi connectivity index (χ4n) is 3.81. The zero-order valence-corrected chi connectivity index (χ0v) is 16.3. The van der Waals surface area contributed by atoms with E-state index >= 15 is 0 Å². The summed E-state index contributed by atoms with van der Waals surface area (Å²) >= 11 is 0. The van der Waals surface area contributed by atoms with Gasteiger partial charge in [-0.05, 0) is 23.3 Å². The lowest BCUT2D eigenvalue weighted by Gasteiger charge is -2.36. The number of aromatic nitrogens is 1. The van der Waals surface area contributed by atoms with Crippen molar-refractivity contribution in [2.45, 2.75) is 19.9 Å². The molecule has 0 saturated carbocycles. The Morgan fingerprint density at radius 3 is 2.48 bits per heavy atom. The summed E-state index contributed by atoms with van der Waals surface area (Å²) in [4.78, 5) is 3.29. The Kier molecular flexibility index (Phi) is 4.53. The fraction of sp³-hybridized carbons (Fsp3) is 0.238. The van der Waals surface area contributed by atoms with Crippen molar-refractivity contribution >= 4 is 27.2 Å². The van der Waals surface area contributed by atoms with Crippen molar-refractivity contribution in [3.8, 4) is 0 Å². The first-order valence-corrected chi connectivity index (χ1v) is 10.6. The van der Waals surface area contributed by atoms with Crippen molar-refractivity contribution in [1.82, 2.24) is 13.6 Å². The van der Waals surface area contributed by atoms with Crippen LogP contribution in [-0.4, -0.2) is 35.1 Å². The monoisotopic (exact) mass is 381 g/mol. The Morgan fingerprint density at radius 2 is 1.70 bits per heavy atom. The van der Waals surface area contributed by atoms with E-state index in [-0.39, 0.29) is 0 Å². The van der Waals surface area contributed by atoms with E-state index < -0.39 is 16.3 Å². The fourth-order valence-corrected chi connectivity index (χ4v) is 5.43. The first-order valence-electron chi connectivity index (χ1n) is 9.19. The molecule has 0 radical (unpaired) electrons. The van der Waals surface area contributed by atoms with E-state index in [4.69, 9.17) is 0 Å². The highest BCUT2D eigenvalue weighted by atomic mass is 32.2. The van der Waals surface area contributed by atoms with E-state index in [0.717, 1.165) is 27.6 Å². The lowest BCUT2D eigenvalue weighted by atomic mass is 9.92. The third-order valence-electron chi connectivity index (χ3n) is 5.16. The molecule has 0 unspecified atom stereocenters. The van der Waals surface area contributed by atoms with Crippen LogP contribution in [0.4, 0.5) is 0 Å². The zero-order chi connectivity index (χ0) is 19.0. The van der Waals surface area contributed by atoms with Crippen LogP contribution in [-0.2, 0) is 10.2 Å². The standard InChI is InChI=1S/C21H23N3O2S/c1-3-23(4-2)27(25,26)24-14-13-16-9-5-6-10-17(16)21(24)19-15-22-20-12-8-7-11-18(19)20/h5-15,21-22H,3-4H2,1-2H3/t21-/m0/s1. The summed E-state index contributed by atoms with van der Waals surface area (Å²) in [7, 11) is -3.64. The van der Waals surface area contributed by atoms with Crippen LogP contribution in [0.15, 0.2) is 60.9 Å². The Morgan fingerprint density at radius 1 is 1.00 bits per heavy atom. The minimum Gasteiger partial charge on any atom is -0.361 e. The molecule has 4 rings (SSSR count). The van der Waals surface area contributed by atoms with Crippen LogP contribution in [0.1, 0.15) is 36.6 Å². The first-order chi connectivity index (χ1) is 13.1. The van der Waals surface area contributed by atoms with Gasteiger partial charge in [-0.15, -0.1) is 0 Å². The number of aromatic amines is 1. The second kappa shape index (κ2) is 6.87. The minimum atomic E-state index is -3.64. The number of para-hydroxylation sites is 1. The van der Waals surface area contributed by atoms with Crippen molar-refractivity contribution < 1.29 is 8.42 Å². The summed E-state index contributed by atoms with van der Waals surface area (Å²) in [6.07, 6.45) is 5.50. The number of rotatable bonds is 5. The average molecular weight is 382 g/mol. The molecule has 5 nitrogen and oxygen atoms in total. The predicted molar refractivity (Wildman–Crippen MR) is 109 cm³/mol. The van der Waals surface area contributed by atoms with E-state index in [2.05, 4.69) is 4.98 Å². The maximum absolute atomic E-state index is 13.4. The van der Waals surface area contributed by atoms with Crippen LogP contribution < -0.4 is 0 Å². The largest absolute Gasteiger partial charge is 0.361 e. The lowest BCUT2D eigenvalue weighted by Crippen LogP contribution is -2.43. The van der Waals surface area contributed by atoms with E-state index in [0.29, 0.717) is 13.1 Å². The van der Waals surface area contributed by atoms with Gasteiger partial charge < -0.3 is 4.98 Å². The number of fused-ring (bicyclic) bond motifs is 2. The molecule has 0 aliphatic carbocycles. The second-order valence-electron chi connectivity index (χ2n) is 6.56. The molecule has 1 atom stereocenters. The first kappa shape index (κ1) is 17.8. The molecule has 0 saturated heterocycles. The molecule has 0 bridgehead atoms. The highest BCUT2D eigenvalue weighted by Gasteiger charge is 2.36. The van der Waals surface area contributed by atoms with Gasteiger partial charge in [0, 0.05) is 42.0 Å². The van der Waals surface area contributed by atoms with E-state index in [1.165, 1.54) is 8.61 Å². The maximum atomic E-state index is 13.4. The van der Waals surface area contributed by atoms with Crippen LogP contribution in [0.5, 0.6) is 0 Å². The molecule has 1 N–H and O–H groups in total. The van der Waals surface area contributed by atoms with Crippen molar-refractivity contribution in [2.75, 3.05) is 13.1 Å². The van der Waals surface area contributed by atoms with Crippen molar-refractivity contribution in [2.24, 2.45) is 0 Å². The highest BCUT2D eigenvalue weighted by Crippen LogP contribution is 2.40. The topological polar surface area (TPSA) is 56.4 Å². The van der Waals surface area contributed by atoms with E-state index in [9.17, 15) is 8.42 Å². The van der Waals surface area contributed by atoms with Crippen molar-refractivity contribution in [1.29, 1.82) is 0 Å². The molecule has 6 heteroatoms. The molecule has 2 heterocycles. The highest BCUT2D eigenvalue weighted by molar-refractivity contribution is 7.86. The smallest absolute Gasteiger partial charge is 0.304 e. The molecule has 140 valence electrons. The van der Waals surface area contributed by atoms with Gasteiger partial charge in [0.1, 0.15) is 0 Å². The molecular formula is C21H23N3O2S. The van der Waals surface area contributed by atoms with Crippen LogP contribution in [0.3, 0.4) is 0 Å². The summed E-state index contributed by atoms with van der Waals surface area (Å²) in [5, 5.41) is 1.03. The molecule has 1 aromatic heterocycles. The van der Waals surface area contributed by atoms with Crippen molar-refractivity contribution in [3.05, 3.63) is 77.6 Å². The van der Waals surface area contributed by atoms with Gasteiger partial charge >= 0.3 is 10.2 Å². The summed E-state index contributed by atoms with van der Waals surface area (Å²) in [5.74, 6) is 0. The van der Waals surface area contributed by atoms with Gasteiger partial charge in [0.15, 0.2) is 0 Å². The molecule has 27 heavy (non-hydrogen) atoms. The van der Waals surface area contributed by atoms with Gasteiger partial charge in [-0.3, -0.25) is 4.31 Å². The Hall–Kier alpha value is -2.57.